The second-order valence-corrected chi connectivity index (χ2v) is 6.15. The Hall–Kier alpha value is -3.74. The van der Waals surface area contributed by atoms with Crippen LogP contribution in [0.1, 0.15) is 27.4 Å². The average molecular weight is 358 g/mol. The number of imidazole rings is 1. The molecule has 3 aromatic heterocycles. The normalized spacial score (nSPS) is 11.3. The van der Waals surface area contributed by atoms with E-state index in [1.165, 1.54) is 0 Å². The van der Waals surface area contributed by atoms with Crippen LogP contribution in [0.3, 0.4) is 0 Å². The number of pyridine rings is 1. The third-order valence-electron chi connectivity index (χ3n) is 4.23. The standard InChI is InChI=1S/C20H18N6O/c1-14-13-26(16-8-4-3-5-9-16)24-17(14)12-21-23-20(27)19-15(2)22-18-10-6-7-11-25(18)19/h3-13H,1-2H3,(H,23,27)/b21-12-. The molecule has 0 bridgehead atoms. The van der Waals surface area contributed by atoms with Crippen LogP contribution >= 0.6 is 0 Å². The van der Waals surface area contributed by atoms with Gasteiger partial charge in [-0.1, -0.05) is 24.3 Å². The summed E-state index contributed by atoms with van der Waals surface area (Å²) in [6.07, 6.45) is 5.28. The Morgan fingerprint density at radius 1 is 1.11 bits per heavy atom. The first-order valence-electron chi connectivity index (χ1n) is 8.52. The van der Waals surface area contributed by atoms with Crippen molar-refractivity contribution in [2.75, 3.05) is 0 Å². The number of nitrogens with one attached hydrogen (secondary N) is 1. The van der Waals surface area contributed by atoms with Crippen molar-refractivity contribution >= 4 is 17.8 Å². The zero-order valence-corrected chi connectivity index (χ0v) is 15.0. The Labute approximate surface area is 156 Å². The first-order valence-corrected chi connectivity index (χ1v) is 8.52. The van der Waals surface area contributed by atoms with Gasteiger partial charge in [0.1, 0.15) is 17.0 Å². The number of rotatable bonds is 4. The molecule has 1 aromatic carbocycles. The van der Waals surface area contributed by atoms with Crippen LogP contribution in [0, 0.1) is 13.8 Å². The summed E-state index contributed by atoms with van der Waals surface area (Å²) in [5.41, 5.74) is 7.02. The van der Waals surface area contributed by atoms with Crippen LogP contribution in [-0.2, 0) is 0 Å². The van der Waals surface area contributed by atoms with E-state index in [0.717, 1.165) is 16.9 Å². The molecule has 0 aliphatic rings. The van der Waals surface area contributed by atoms with E-state index in [9.17, 15) is 4.79 Å². The number of para-hydroxylation sites is 1. The molecule has 0 fully saturated rings. The molecule has 0 saturated carbocycles. The molecule has 0 spiro atoms. The van der Waals surface area contributed by atoms with Crippen molar-refractivity contribution in [1.82, 2.24) is 24.6 Å². The quantitative estimate of drug-likeness (QED) is 0.450. The minimum Gasteiger partial charge on any atom is -0.295 e. The maximum atomic E-state index is 12.5. The molecule has 0 aliphatic heterocycles. The number of carbonyl (C=O) groups excluding carboxylic acids is 1. The number of fused-ring (bicyclic) bond motifs is 1. The van der Waals surface area contributed by atoms with Gasteiger partial charge in [0, 0.05) is 12.4 Å². The lowest BCUT2D eigenvalue weighted by atomic mass is 10.3. The highest BCUT2D eigenvalue weighted by atomic mass is 16.2. The molecule has 3 heterocycles. The topological polar surface area (TPSA) is 76.6 Å². The van der Waals surface area contributed by atoms with Crippen LogP contribution in [0.2, 0.25) is 0 Å². The zero-order valence-electron chi connectivity index (χ0n) is 15.0. The number of hydrazone groups is 1. The van der Waals surface area contributed by atoms with Crippen LogP contribution < -0.4 is 5.43 Å². The lowest BCUT2D eigenvalue weighted by Gasteiger charge is -2.01. The van der Waals surface area contributed by atoms with Gasteiger partial charge in [0.15, 0.2) is 0 Å². The predicted octanol–water partition coefficient (Wildman–Crippen LogP) is 2.90. The van der Waals surface area contributed by atoms with Gasteiger partial charge < -0.3 is 0 Å². The van der Waals surface area contributed by atoms with Crippen LogP contribution in [0.4, 0.5) is 0 Å². The van der Waals surface area contributed by atoms with Gasteiger partial charge in [0.25, 0.3) is 5.91 Å². The maximum Gasteiger partial charge on any atom is 0.290 e. The summed E-state index contributed by atoms with van der Waals surface area (Å²) < 4.78 is 3.53. The van der Waals surface area contributed by atoms with Gasteiger partial charge in [0.2, 0.25) is 0 Å². The minimum absolute atomic E-state index is 0.317. The van der Waals surface area contributed by atoms with Crippen molar-refractivity contribution < 1.29 is 4.79 Å². The van der Waals surface area contributed by atoms with Gasteiger partial charge in [-0.25, -0.2) is 15.1 Å². The highest BCUT2D eigenvalue weighted by molar-refractivity contribution is 5.95. The van der Waals surface area contributed by atoms with Gasteiger partial charge in [-0.3, -0.25) is 9.20 Å². The van der Waals surface area contributed by atoms with Crippen molar-refractivity contribution in [3.05, 3.63) is 83.6 Å². The Morgan fingerprint density at radius 3 is 2.70 bits per heavy atom. The summed E-state index contributed by atoms with van der Waals surface area (Å²) >= 11 is 0. The molecule has 0 atom stereocenters. The molecule has 27 heavy (non-hydrogen) atoms. The fourth-order valence-electron chi connectivity index (χ4n) is 2.91. The van der Waals surface area contributed by atoms with Gasteiger partial charge >= 0.3 is 0 Å². The fourth-order valence-corrected chi connectivity index (χ4v) is 2.91. The molecule has 4 aromatic rings. The lowest BCUT2D eigenvalue weighted by Crippen LogP contribution is -2.20. The second-order valence-electron chi connectivity index (χ2n) is 6.15. The number of benzene rings is 1. The smallest absolute Gasteiger partial charge is 0.290 e. The van der Waals surface area contributed by atoms with E-state index in [1.54, 1.807) is 28.4 Å². The van der Waals surface area contributed by atoms with Crippen molar-refractivity contribution in [3.63, 3.8) is 0 Å². The fraction of sp³-hybridized carbons (Fsp3) is 0.100. The molecule has 7 nitrogen and oxygen atoms in total. The molecule has 0 aliphatic carbocycles. The van der Waals surface area contributed by atoms with Crippen molar-refractivity contribution in [3.8, 4) is 5.69 Å². The van der Waals surface area contributed by atoms with Gasteiger partial charge in [-0.15, -0.1) is 0 Å². The van der Waals surface area contributed by atoms with Crippen LogP contribution in [0.5, 0.6) is 0 Å². The molecule has 1 N–H and O–H groups in total. The Kier molecular flexibility index (Phi) is 4.25. The van der Waals surface area contributed by atoms with Gasteiger partial charge in [-0.05, 0) is 43.7 Å². The van der Waals surface area contributed by atoms with Crippen LogP contribution in [-0.4, -0.2) is 31.3 Å². The highest BCUT2D eigenvalue weighted by Gasteiger charge is 2.15. The third kappa shape index (κ3) is 3.22. The van der Waals surface area contributed by atoms with E-state index in [0.29, 0.717) is 17.1 Å². The number of aryl methyl sites for hydroxylation is 2. The van der Waals surface area contributed by atoms with E-state index in [-0.39, 0.29) is 5.91 Å². The first kappa shape index (κ1) is 16.7. The monoisotopic (exact) mass is 358 g/mol. The first-order chi connectivity index (χ1) is 13.1. The second kappa shape index (κ2) is 6.87. The highest BCUT2D eigenvalue weighted by Crippen LogP contribution is 2.12. The molecular formula is C20H18N6O. The summed E-state index contributed by atoms with van der Waals surface area (Å²) in [6.45, 7) is 3.75. The summed E-state index contributed by atoms with van der Waals surface area (Å²) in [5, 5.41) is 8.58. The number of carbonyl (C=O) groups is 1. The zero-order chi connectivity index (χ0) is 18.8. The molecule has 134 valence electrons. The molecule has 7 heteroatoms. The predicted molar refractivity (Wildman–Crippen MR) is 103 cm³/mol. The van der Waals surface area contributed by atoms with E-state index in [4.69, 9.17) is 0 Å². The van der Waals surface area contributed by atoms with Crippen LogP contribution in [0.25, 0.3) is 11.3 Å². The number of aromatic nitrogens is 4. The molecule has 0 radical (unpaired) electrons. The van der Waals surface area contributed by atoms with Crippen molar-refractivity contribution in [2.45, 2.75) is 13.8 Å². The van der Waals surface area contributed by atoms with E-state index < -0.39 is 0 Å². The largest absolute Gasteiger partial charge is 0.295 e. The Morgan fingerprint density at radius 2 is 1.89 bits per heavy atom. The molecule has 0 unspecified atom stereocenters. The summed E-state index contributed by atoms with van der Waals surface area (Å²) in [4.78, 5) is 16.9. The molecule has 1 amide bonds. The Bertz CT molecular complexity index is 1140. The summed E-state index contributed by atoms with van der Waals surface area (Å²) in [5.74, 6) is -0.317. The summed E-state index contributed by atoms with van der Waals surface area (Å²) in [6, 6.07) is 15.4. The number of nitrogens with zero attached hydrogens (tertiary/aromatic N) is 5. The number of amides is 1. The van der Waals surface area contributed by atoms with Gasteiger partial charge in [0.05, 0.1) is 17.6 Å². The van der Waals surface area contributed by atoms with Crippen molar-refractivity contribution in [2.24, 2.45) is 5.10 Å². The van der Waals surface area contributed by atoms with Gasteiger partial charge in [-0.2, -0.15) is 10.2 Å². The summed E-state index contributed by atoms with van der Waals surface area (Å²) in [7, 11) is 0. The SMILES string of the molecule is Cc1cn(-c2ccccc2)nc1/C=N\NC(=O)c1c(C)nc2ccccn12. The van der Waals surface area contributed by atoms with E-state index >= 15 is 0 Å². The Balaban J connectivity index is 1.53. The molecule has 4 rings (SSSR count). The van der Waals surface area contributed by atoms with Crippen LogP contribution in [0.15, 0.2) is 66.0 Å². The molecular weight excluding hydrogens is 340 g/mol. The number of hydrogen-bond donors (Lipinski definition) is 1. The minimum atomic E-state index is -0.317. The maximum absolute atomic E-state index is 12.5. The van der Waals surface area contributed by atoms with Crippen molar-refractivity contribution in [1.29, 1.82) is 0 Å². The third-order valence-corrected chi connectivity index (χ3v) is 4.23. The lowest BCUT2D eigenvalue weighted by molar-refractivity contribution is 0.0948. The molecule has 0 saturated heterocycles. The van der Waals surface area contributed by atoms with E-state index in [1.807, 2.05) is 61.7 Å². The average Bonchev–Trinajstić information content (AvgIpc) is 3.21. The number of hydrogen-bond acceptors (Lipinski definition) is 4. The van der Waals surface area contributed by atoms with E-state index in [2.05, 4.69) is 20.6 Å².